The van der Waals surface area contributed by atoms with Gasteiger partial charge in [-0.25, -0.2) is 0 Å². The van der Waals surface area contributed by atoms with E-state index < -0.39 is 0 Å². The van der Waals surface area contributed by atoms with Crippen molar-refractivity contribution in [3.05, 3.63) is 46.0 Å². The van der Waals surface area contributed by atoms with E-state index in [1.54, 1.807) is 12.4 Å². The Labute approximate surface area is 116 Å². The first-order chi connectivity index (χ1) is 8.59. The molecule has 96 valence electrons. The minimum atomic E-state index is 0.0906. The van der Waals surface area contributed by atoms with Crippen LogP contribution in [-0.2, 0) is 13.6 Å². The van der Waals surface area contributed by atoms with Crippen molar-refractivity contribution >= 4 is 23.2 Å². The summed E-state index contributed by atoms with van der Waals surface area (Å²) in [6.07, 6.45) is 1.67. The normalized spacial score (nSPS) is 12.7. The third-order valence-electron chi connectivity index (χ3n) is 2.82. The van der Waals surface area contributed by atoms with Crippen molar-refractivity contribution in [3.8, 4) is 0 Å². The van der Waals surface area contributed by atoms with Crippen LogP contribution in [0.1, 0.15) is 24.4 Å². The number of benzene rings is 1. The SMILES string of the molecule is CC(NCc1nncn1C)c1cccc(Cl)c1Cl. The van der Waals surface area contributed by atoms with E-state index in [1.165, 1.54) is 0 Å². The number of hydrogen-bond acceptors (Lipinski definition) is 3. The van der Waals surface area contributed by atoms with E-state index in [9.17, 15) is 0 Å². The molecule has 0 amide bonds. The van der Waals surface area contributed by atoms with E-state index in [1.807, 2.05) is 30.7 Å². The Balaban J connectivity index is 2.06. The molecule has 0 saturated carbocycles. The molecule has 0 bridgehead atoms. The fourth-order valence-electron chi connectivity index (χ4n) is 1.68. The fraction of sp³-hybridized carbons (Fsp3) is 0.333. The molecule has 1 heterocycles. The molecule has 1 unspecified atom stereocenters. The molecule has 1 aromatic heterocycles. The Kier molecular flexibility index (Phi) is 4.22. The zero-order valence-corrected chi connectivity index (χ0v) is 11.7. The minimum Gasteiger partial charge on any atom is -0.320 e. The van der Waals surface area contributed by atoms with Gasteiger partial charge in [0.15, 0.2) is 0 Å². The first-order valence-corrected chi connectivity index (χ1v) is 6.35. The maximum Gasteiger partial charge on any atom is 0.146 e. The van der Waals surface area contributed by atoms with Crippen LogP contribution >= 0.6 is 23.2 Å². The van der Waals surface area contributed by atoms with Crippen molar-refractivity contribution in [2.45, 2.75) is 19.5 Å². The summed E-state index contributed by atoms with van der Waals surface area (Å²) in [5.74, 6) is 0.875. The molecule has 0 saturated heterocycles. The fourth-order valence-corrected chi connectivity index (χ4v) is 2.15. The summed E-state index contributed by atoms with van der Waals surface area (Å²) < 4.78 is 1.87. The molecular weight excluding hydrogens is 271 g/mol. The molecule has 2 aromatic rings. The predicted molar refractivity (Wildman–Crippen MR) is 72.7 cm³/mol. The highest BCUT2D eigenvalue weighted by Crippen LogP contribution is 2.29. The number of aromatic nitrogens is 3. The van der Waals surface area contributed by atoms with Crippen LogP contribution in [-0.4, -0.2) is 14.8 Å². The highest BCUT2D eigenvalue weighted by Gasteiger charge is 2.12. The molecule has 1 aromatic carbocycles. The molecule has 0 aliphatic rings. The monoisotopic (exact) mass is 284 g/mol. The van der Waals surface area contributed by atoms with Gasteiger partial charge in [-0.1, -0.05) is 35.3 Å². The molecule has 0 aliphatic heterocycles. The van der Waals surface area contributed by atoms with E-state index >= 15 is 0 Å². The minimum absolute atomic E-state index is 0.0906. The number of hydrogen-bond donors (Lipinski definition) is 1. The lowest BCUT2D eigenvalue weighted by atomic mass is 10.1. The van der Waals surface area contributed by atoms with Crippen molar-refractivity contribution in [2.75, 3.05) is 0 Å². The van der Waals surface area contributed by atoms with Crippen LogP contribution in [0.25, 0.3) is 0 Å². The van der Waals surface area contributed by atoms with Crippen molar-refractivity contribution in [2.24, 2.45) is 7.05 Å². The summed E-state index contributed by atoms with van der Waals surface area (Å²) in [4.78, 5) is 0. The van der Waals surface area contributed by atoms with Crippen LogP contribution in [0.15, 0.2) is 24.5 Å². The Morgan fingerprint density at radius 1 is 1.39 bits per heavy atom. The molecule has 0 radical (unpaired) electrons. The summed E-state index contributed by atoms with van der Waals surface area (Å²) in [5, 5.41) is 12.4. The third-order valence-corrected chi connectivity index (χ3v) is 3.65. The van der Waals surface area contributed by atoms with Crippen molar-refractivity contribution in [1.82, 2.24) is 20.1 Å². The molecule has 1 N–H and O–H groups in total. The third kappa shape index (κ3) is 2.83. The average Bonchev–Trinajstić information content (AvgIpc) is 2.75. The number of rotatable bonds is 4. The smallest absolute Gasteiger partial charge is 0.146 e. The van der Waals surface area contributed by atoms with Crippen LogP contribution in [0, 0.1) is 0 Å². The van der Waals surface area contributed by atoms with Gasteiger partial charge in [-0.3, -0.25) is 0 Å². The first-order valence-electron chi connectivity index (χ1n) is 5.59. The highest BCUT2D eigenvalue weighted by molar-refractivity contribution is 6.42. The van der Waals surface area contributed by atoms with E-state index in [-0.39, 0.29) is 6.04 Å². The highest BCUT2D eigenvalue weighted by atomic mass is 35.5. The van der Waals surface area contributed by atoms with E-state index in [0.717, 1.165) is 11.4 Å². The van der Waals surface area contributed by atoms with Gasteiger partial charge in [-0.2, -0.15) is 0 Å². The second-order valence-corrected chi connectivity index (χ2v) is 4.89. The van der Waals surface area contributed by atoms with Crippen LogP contribution < -0.4 is 5.32 Å². The lowest BCUT2D eigenvalue weighted by Crippen LogP contribution is -2.20. The first kappa shape index (κ1) is 13.3. The second-order valence-electron chi connectivity index (χ2n) is 4.10. The zero-order valence-electron chi connectivity index (χ0n) is 10.2. The van der Waals surface area contributed by atoms with Gasteiger partial charge in [0.25, 0.3) is 0 Å². The Morgan fingerprint density at radius 3 is 2.83 bits per heavy atom. The van der Waals surface area contributed by atoms with Gasteiger partial charge < -0.3 is 9.88 Å². The maximum absolute atomic E-state index is 6.17. The van der Waals surface area contributed by atoms with E-state index in [2.05, 4.69) is 15.5 Å². The number of nitrogens with one attached hydrogen (secondary N) is 1. The zero-order chi connectivity index (χ0) is 13.1. The standard InChI is InChI=1S/C12H14Cl2N4/c1-8(9-4-3-5-10(13)12(9)14)15-6-11-17-16-7-18(11)2/h3-5,7-8,15H,6H2,1-2H3. The average molecular weight is 285 g/mol. The predicted octanol–water partition coefficient (Wildman–Crippen LogP) is 2.97. The molecule has 18 heavy (non-hydrogen) atoms. The Hall–Kier alpha value is -1.10. The van der Waals surface area contributed by atoms with E-state index in [4.69, 9.17) is 23.2 Å². The molecule has 6 heteroatoms. The van der Waals surface area contributed by atoms with Gasteiger partial charge in [0, 0.05) is 13.1 Å². The molecule has 0 fully saturated rings. The summed E-state index contributed by atoms with van der Waals surface area (Å²) in [5.41, 5.74) is 0.978. The maximum atomic E-state index is 6.17. The lowest BCUT2D eigenvalue weighted by Gasteiger charge is -2.15. The van der Waals surface area contributed by atoms with Gasteiger partial charge in [0.05, 0.1) is 16.6 Å². The van der Waals surface area contributed by atoms with Gasteiger partial charge in [-0.15, -0.1) is 10.2 Å². The molecule has 2 rings (SSSR count). The molecule has 0 spiro atoms. The number of nitrogens with zero attached hydrogens (tertiary/aromatic N) is 3. The second kappa shape index (κ2) is 5.69. The van der Waals surface area contributed by atoms with Gasteiger partial charge >= 0.3 is 0 Å². The van der Waals surface area contributed by atoms with E-state index in [0.29, 0.717) is 16.6 Å². The summed E-state index contributed by atoms with van der Waals surface area (Å²) in [6.45, 7) is 2.66. The van der Waals surface area contributed by atoms with Crippen LogP contribution in [0.2, 0.25) is 10.0 Å². The van der Waals surface area contributed by atoms with Gasteiger partial charge in [0.1, 0.15) is 12.2 Å². The van der Waals surface area contributed by atoms with Crippen LogP contribution in [0.3, 0.4) is 0 Å². The molecule has 4 nitrogen and oxygen atoms in total. The van der Waals surface area contributed by atoms with Crippen molar-refractivity contribution in [3.63, 3.8) is 0 Å². The quantitative estimate of drug-likeness (QED) is 0.939. The Bertz CT molecular complexity index is 539. The molecule has 1 atom stereocenters. The Morgan fingerprint density at radius 2 is 2.17 bits per heavy atom. The lowest BCUT2D eigenvalue weighted by molar-refractivity contribution is 0.548. The summed E-state index contributed by atoms with van der Waals surface area (Å²) in [6, 6.07) is 5.72. The summed E-state index contributed by atoms with van der Waals surface area (Å²) >= 11 is 12.2. The van der Waals surface area contributed by atoms with Gasteiger partial charge in [-0.05, 0) is 18.6 Å². The number of halogens is 2. The number of aryl methyl sites for hydroxylation is 1. The van der Waals surface area contributed by atoms with Crippen LogP contribution in [0.5, 0.6) is 0 Å². The van der Waals surface area contributed by atoms with Crippen molar-refractivity contribution in [1.29, 1.82) is 0 Å². The molecular formula is C12H14Cl2N4. The summed E-state index contributed by atoms with van der Waals surface area (Å²) in [7, 11) is 1.91. The van der Waals surface area contributed by atoms with Crippen molar-refractivity contribution < 1.29 is 0 Å². The van der Waals surface area contributed by atoms with Gasteiger partial charge in [0.2, 0.25) is 0 Å². The topological polar surface area (TPSA) is 42.7 Å². The van der Waals surface area contributed by atoms with Crippen LogP contribution in [0.4, 0.5) is 0 Å². The molecule has 0 aliphatic carbocycles. The largest absolute Gasteiger partial charge is 0.320 e.